The lowest BCUT2D eigenvalue weighted by molar-refractivity contribution is -0.0258. The molecule has 20 heavy (non-hydrogen) atoms. The third kappa shape index (κ3) is 1.76. The summed E-state index contributed by atoms with van der Waals surface area (Å²) in [5.41, 5.74) is 4.72. The van der Waals surface area contributed by atoms with Gasteiger partial charge in [0.1, 0.15) is 24.4 Å². The van der Waals surface area contributed by atoms with Crippen LogP contribution in [0.3, 0.4) is 0 Å². The summed E-state index contributed by atoms with van der Waals surface area (Å²) in [5, 5.41) is 39.9. The summed E-state index contributed by atoms with van der Waals surface area (Å²) in [5.74, 6) is -0.143. The zero-order valence-corrected chi connectivity index (χ0v) is 10.0. The second-order valence-corrected chi connectivity index (χ2v) is 4.39. The number of nitrogens with one attached hydrogen (secondary N) is 1. The summed E-state index contributed by atoms with van der Waals surface area (Å²) in [6.07, 6.45) is -4.65. The van der Waals surface area contributed by atoms with Crippen LogP contribution in [-0.4, -0.2) is 65.0 Å². The number of ether oxygens (including phenoxy) is 1. The van der Waals surface area contributed by atoms with Crippen LogP contribution in [-0.2, 0) is 4.74 Å². The molecule has 4 atom stereocenters. The minimum atomic E-state index is -1.33. The average Bonchev–Trinajstić information content (AvgIpc) is 2.93. The van der Waals surface area contributed by atoms with E-state index in [9.17, 15) is 15.0 Å². The Bertz CT molecular complexity index is 698. The molecule has 0 aliphatic carbocycles. The van der Waals surface area contributed by atoms with Gasteiger partial charge in [-0.2, -0.15) is 4.52 Å². The van der Waals surface area contributed by atoms with E-state index in [0.29, 0.717) is 0 Å². The second kappa shape index (κ2) is 4.49. The van der Waals surface area contributed by atoms with Crippen molar-refractivity contribution in [1.82, 2.24) is 24.8 Å². The number of hydrogen-bond acceptors (Lipinski definition) is 9. The quantitative estimate of drug-likeness (QED) is 0.376. The van der Waals surface area contributed by atoms with Crippen LogP contribution in [0.2, 0.25) is 0 Å². The highest BCUT2D eigenvalue weighted by Gasteiger charge is 2.45. The van der Waals surface area contributed by atoms with E-state index in [2.05, 4.69) is 20.3 Å². The van der Waals surface area contributed by atoms with Crippen molar-refractivity contribution in [3.8, 4) is 0 Å². The molecule has 108 valence electrons. The summed E-state index contributed by atoms with van der Waals surface area (Å²) in [6, 6.07) is 0. The molecule has 0 bridgehead atoms. The Morgan fingerprint density at radius 1 is 1.35 bits per heavy atom. The summed E-state index contributed by atoms with van der Waals surface area (Å²) in [6.45, 7) is -0.471. The van der Waals surface area contributed by atoms with Crippen molar-refractivity contribution in [2.24, 2.45) is 0 Å². The van der Waals surface area contributed by atoms with Crippen LogP contribution in [0.1, 0.15) is 11.9 Å². The summed E-state index contributed by atoms with van der Waals surface area (Å²) >= 11 is 0. The first-order valence-electron chi connectivity index (χ1n) is 5.76. The number of hydrogen-bond donors (Lipinski definition) is 5. The molecule has 0 aromatic carbocycles. The molecule has 0 amide bonds. The van der Waals surface area contributed by atoms with Crippen molar-refractivity contribution in [3.63, 3.8) is 0 Å². The van der Waals surface area contributed by atoms with Crippen molar-refractivity contribution in [2.45, 2.75) is 24.4 Å². The number of nitrogen functional groups attached to an aromatic ring is 1. The third-order valence-electron chi connectivity index (χ3n) is 3.11. The van der Waals surface area contributed by atoms with Crippen LogP contribution in [0.15, 0.2) is 4.79 Å². The summed E-state index contributed by atoms with van der Waals surface area (Å²) < 4.78 is 6.34. The lowest BCUT2D eigenvalue weighted by atomic mass is 10.1. The van der Waals surface area contributed by atoms with E-state index in [1.165, 1.54) is 0 Å². The number of aliphatic hydroxyl groups excluding tert-OH is 3. The number of aromatic nitrogens is 5. The van der Waals surface area contributed by atoms with E-state index < -0.39 is 36.6 Å². The van der Waals surface area contributed by atoms with Crippen LogP contribution in [0, 0.1) is 0 Å². The number of fused-ring (bicyclic) bond motifs is 1. The standard InChI is InChI=1S/C9H12N6O5/c10-9-11-8(19)7-13-12-6(15(7)14-9)5-4(18)3(17)2(1-16)20-5/h2-5,16-18H,1H2,(H3,10,11,14,19)/t2-,3-,4-,5-/m1/s1. The molecular weight excluding hydrogens is 272 g/mol. The summed E-state index contributed by atoms with van der Waals surface area (Å²) in [4.78, 5) is 13.9. The molecule has 0 radical (unpaired) electrons. The van der Waals surface area contributed by atoms with Gasteiger partial charge in [-0.05, 0) is 0 Å². The highest BCUT2D eigenvalue weighted by Crippen LogP contribution is 2.32. The maximum Gasteiger partial charge on any atom is 0.297 e. The first-order chi connectivity index (χ1) is 9.52. The zero-order valence-electron chi connectivity index (χ0n) is 10.0. The second-order valence-electron chi connectivity index (χ2n) is 4.39. The van der Waals surface area contributed by atoms with E-state index >= 15 is 0 Å². The smallest absolute Gasteiger partial charge is 0.297 e. The Kier molecular flexibility index (Phi) is 2.90. The molecule has 11 heteroatoms. The molecule has 3 rings (SSSR count). The Morgan fingerprint density at radius 2 is 2.10 bits per heavy atom. The van der Waals surface area contributed by atoms with Crippen LogP contribution in [0.25, 0.3) is 5.65 Å². The molecule has 1 aliphatic heterocycles. The Morgan fingerprint density at radius 3 is 2.75 bits per heavy atom. The number of aliphatic hydroxyl groups is 3. The molecule has 0 spiro atoms. The molecule has 3 heterocycles. The number of nitrogens with two attached hydrogens (primary N) is 1. The first kappa shape index (κ1) is 12.9. The monoisotopic (exact) mass is 284 g/mol. The van der Waals surface area contributed by atoms with Gasteiger partial charge in [0, 0.05) is 0 Å². The number of H-pyrrole nitrogens is 1. The molecule has 1 fully saturated rings. The molecule has 2 aromatic heterocycles. The van der Waals surface area contributed by atoms with Gasteiger partial charge >= 0.3 is 0 Å². The minimum absolute atomic E-state index is 0.0142. The highest BCUT2D eigenvalue weighted by molar-refractivity contribution is 5.35. The van der Waals surface area contributed by atoms with E-state index in [4.69, 9.17) is 15.6 Å². The normalized spacial score (nSPS) is 30.1. The maximum absolute atomic E-state index is 11.6. The van der Waals surface area contributed by atoms with Crippen LogP contribution in [0.5, 0.6) is 0 Å². The van der Waals surface area contributed by atoms with Gasteiger partial charge < -0.3 is 25.8 Å². The topological polar surface area (TPSA) is 172 Å². The van der Waals surface area contributed by atoms with E-state index in [0.717, 1.165) is 4.52 Å². The first-order valence-corrected chi connectivity index (χ1v) is 5.76. The molecule has 0 unspecified atom stereocenters. The van der Waals surface area contributed by atoms with Crippen molar-refractivity contribution >= 4 is 11.6 Å². The third-order valence-corrected chi connectivity index (χ3v) is 3.11. The molecule has 11 nitrogen and oxygen atoms in total. The van der Waals surface area contributed by atoms with Crippen molar-refractivity contribution in [2.75, 3.05) is 12.3 Å². The Balaban J connectivity index is 2.09. The Hall–Kier alpha value is -2.08. The predicted octanol–water partition coefficient (Wildman–Crippen LogP) is -3.45. The number of rotatable bonds is 2. The SMILES string of the molecule is Nc1nn2c([C@@H]3O[C@H](CO)[C@@H](O)[C@H]3O)nnc2c(=O)[nH]1. The largest absolute Gasteiger partial charge is 0.394 e. The molecule has 1 aliphatic rings. The maximum atomic E-state index is 11.6. The fraction of sp³-hybridized carbons (Fsp3) is 0.556. The fourth-order valence-electron chi connectivity index (χ4n) is 2.13. The van der Waals surface area contributed by atoms with Crippen LogP contribution >= 0.6 is 0 Å². The highest BCUT2D eigenvalue weighted by atomic mass is 16.6. The van der Waals surface area contributed by atoms with Gasteiger partial charge in [-0.1, -0.05) is 0 Å². The lowest BCUT2D eigenvalue weighted by Gasteiger charge is -2.11. The predicted molar refractivity (Wildman–Crippen MR) is 62.5 cm³/mol. The Labute approximate surface area is 110 Å². The van der Waals surface area contributed by atoms with Crippen LogP contribution in [0.4, 0.5) is 5.95 Å². The van der Waals surface area contributed by atoms with Crippen molar-refractivity contribution in [3.05, 3.63) is 16.2 Å². The van der Waals surface area contributed by atoms with Gasteiger partial charge in [0.05, 0.1) is 6.61 Å². The molecule has 0 saturated carbocycles. The summed E-state index contributed by atoms with van der Waals surface area (Å²) in [7, 11) is 0. The number of nitrogens with zero attached hydrogens (tertiary/aromatic N) is 4. The fourth-order valence-corrected chi connectivity index (χ4v) is 2.13. The van der Waals surface area contributed by atoms with Gasteiger partial charge in [-0.15, -0.1) is 15.3 Å². The average molecular weight is 284 g/mol. The zero-order chi connectivity index (χ0) is 14.4. The minimum Gasteiger partial charge on any atom is -0.394 e. The number of anilines is 1. The molecule has 2 aromatic rings. The van der Waals surface area contributed by atoms with Crippen molar-refractivity contribution < 1.29 is 20.1 Å². The van der Waals surface area contributed by atoms with Crippen LogP contribution < -0.4 is 11.3 Å². The molecule has 1 saturated heterocycles. The van der Waals surface area contributed by atoms with Gasteiger partial charge in [0.15, 0.2) is 5.82 Å². The van der Waals surface area contributed by atoms with Gasteiger partial charge in [-0.3, -0.25) is 9.78 Å². The van der Waals surface area contributed by atoms with E-state index in [1.54, 1.807) is 0 Å². The van der Waals surface area contributed by atoms with Gasteiger partial charge in [0.2, 0.25) is 11.6 Å². The molecular formula is C9H12N6O5. The van der Waals surface area contributed by atoms with Crippen molar-refractivity contribution in [1.29, 1.82) is 0 Å². The van der Waals surface area contributed by atoms with Gasteiger partial charge in [0.25, 0.3) is 5.56 Å². The van der Waals surface area contributed by atoms with E-state index in [-0.39, 0.29) is 17.4 Å². The van der Waals surface area contributed by atoms with E-state index in [1.807, 2.05) is 0 Å². The number of aromatic amines is 1. The molecule has 6 N–H and O–H groups in total. The van der Waals surface area contributed by atoms with Gasteiger partial charge in [-0.25, -0.2) is 0 Å². The lowest BCUT2D eigenvalue weighted by Crippen LogP contribution is -2.32.